The first-order valence-electron chi connectivity index (χ1n) is 8.50. The van der Waals surface area contributed by atoms with Crippen molar-refractivity contribution in [3.05, 3.63) is 0 Å². The van der Waals surface area contributed by atoms with Crippen LogP contribution in [-0.4, -0.2) is 72.4 Å². The van der Waals surface area contributed by atoms with Crippen molar-refractivity contribution < 1.29 is 14.6 Å². The fourth-order valence-corrected chi connectivity index (χ4v) is 3.36. The first kappa shape index (κ1) is 16.7. The Balaban J connectivity index is 1.78. The summed E-state index contributed by atoms with van der Waals surface area (Å²) in [6, 6.07) is -0.158. The van der Waals surface area contributed by atoms with Crippen molar-refractivity contribution >= 4 is 5.91 Å². The molecule has 2 aliphatic rings. The molecule has 2 aliphatic heterocycles. The summed E-state index contributed by atoms with van der Waals surface area (Å²) in [6.07, 6.45) is 6.51. The van der Waals surface area contributed by atoms with Gasteiger partial charge in [0, 0.05) is 19.5 Å². The van der Waals surface area contributed by atoms with Gasteiger partial charge in [-0.3, -0.25) is 4.79 Å². The number of hydrogen-bond donors (Lipinski definition) is 1. The normalized spacial score (nSPS) is 28.1. The first-order valence-corrected chi connectivity index (χ1v) is 8.50. The van der Waals surface area contributed by atoms with E-state index in [0.717, 1.165) is 19.6 Å². The van der Waals surface area contributed by atoms with Crippen molar-refractivity contribution in [2.45, 2.75) is 57.6 Å². The summed E-state index contributed by atoms with van der Waals surface area (Å²) < 4.78 is 5.27. The van der Waals surface area contributed by atoms with Crippen LogP contribution in [0.5, 0.6) is 0 Å². The molecule has 2 heterocycles. The number of aliphatic hydroxyl groups is 1. The Kier molecular flexibility index (Phi) is 6.93. The van der Waals surface area contributed by atoms with Gasteiger partial charge in [-0.05, 0) is 32.9 Å². The first-order chi connectivity index (χ1) is 10.2. The van der Waals surface area contributed by atoms with Crippen LogP contribution in [0, 0.1) is 0 Å². The van der Waals surface area contributed by atoms with Gasteiger partial charge >= 0.3 is 0 Å². The van der Waals surface area contributed by atoms with Crippen molar-refractivity contribution in [3.63, 3.8) is 0 Å². The smallest absolute Gasteiger partial charge is 0.224 e. The van der Waals surface area contributed by atoms with Crippen LogP contribution in [0.1, 0.15) is 45.4 Å². The van der Waals surface area contributed by atoms with E-state index in [4.69, 9.17) is 4.74 Å². The second kappa shape index (κ2) is 8.71. The van der Waals surface area contributed by atoms with E-state index in [1.54, 1.807) is 4.90 Å². The number of amides is 1. The van der Waals surface area contributed by atoms with Crippen LogP contribution in [0.2, 0.25) is 0 Å². The van der Waals surface area contributed by atoms with Gasteiger partial charge in [-0.2, -0.15) is 0 Å². The second-order valence-corrected chi connectivity index (χ2v) is 6.21. The van der Waals surface area contributed by atoms with E-state index in [1.165, 1.54) is 32.1 Å². The molecule has 21 heavy (non-hydrogen) atoms. The minimum absolute atomic E-state index is 0.147. The van der Waals surface area contributed by atoms with Crippen molar-refractivity contribution in [1.82, 2.24) is 9.80 Å². The summed E-state index contributed by atoms with van der Waals surface area (Å²) in [6.45, 7) is 6.51. The Morgan fingerprint density at radius 2 is 1.86 bits per heavy atom. The fraction of sp³-hybridized carbons (Fsp3) is 0.938. The van der Waals surface area contributed by atoms with Crippen LogP contribution in [0.25, 0.3) is 0 Å². The third-order valence-corrected chi connectivity index (χ3v) is 4.67. The van der Waals surface area contributed by atoms with Gasteiger partial charge in [0.2, 0.25) is 5.91 Å². The SMILES string of the molecule is CCN(C(=O)CCN1CCCCCCC1)[C@@H]1COC[C@H]1O. The molecule has 122 valence electrons. The predicted octanol–water partition coefficient (Wildman–Crippen LogP) is 1.25. The van der Waals surface area contributed by atoms with E-state index in [9.17, 15) is 9.90 Å². The average Bonchev–Trinajstić information content (AvgIpc) is 2.85. The lowest BCUT2D eigenvalue weighted by molar-refractivity contribution is -0.135. The van der Waals surface area contributed by atoms with Gasteiger partial charge in [0.05, 0.1) is 25.4 Å². The van der Waals surface area contributed by atoms with Gasteiger partial charge in [-0.15, -0.1) is 0 Å². The van der Waals surface area contributed by atoms with E-state index in [-0.39, 0.29) is 11.9 Å². The summed E-state index contributed by atoms with van der Waals surface area (Å²) in [4.78, 5) is 16.7. The Morgan fingerprint density at radius 1 is 1.19 bits per heavy atom. The highest BCUT2D eigenvalue weighted by atomic mass is 16.5. The van der Waals surface area contributed by atoms with Crippen LogP contribution in [0.4, 0.5) is 0 Å². The molecule has 0 bridgehead atoms. The van der Waals surface area contributed by atoms with Gasteiger partial charge in [-0.25, -0.2) is 0 Å². The molecule has 5 heteroatoms. The van der Waals surface area contributed by atoms with Gasteiger partial charge in [-0.1, -0.05) is 19.3 Å². The molecule has 1 N–H and O–H groups in total. The molecular weight excluding hydrogens is 268 g/mol. The largest absolute Gasteiger partial charge is 0.388 e. The van der Waals surface area contributed by atoms with Crippen molar-refractivity contribution in [3.8, 4) is 0 Å². The zero-order valence-corrected chi connectivity index (χ0v) is 13.3. The Labute approximate surface area is 128 Å². The van der Waals surface area contributed by atoms with E-state index in [1.807, 2.05) is 6.92 Å². The minimum atomic E-state index is -0.532. The predicted molar refractivity (Wildman–Crippen MR) is 82.1 cm³/mol. The molecular formula is C16H30N2O3. The number of hydrogen-bond acceptors (Lipinski definition) is 4. The maximum atomic E-state index is 12.4. The third kappa shape index (κ3) is 4.94. The number of carbonyl (C=O) groups is 1. The number of nitrogens with zero attached hydrogens (tertiary/aromatic N) is 2. The van der Waals surface area contributed by atoms with Crippen LogP contribution in [-0.2, 0) is 9.53 Å². The summed E-state index contributed by atoms with van der Waals surface area (Å²) >= 11 is 0. The molecule has 2 fully saturated rings. The summed E-state index contributed by atoms with van der Waals surface area (Å²) in [5, 5.41) is 9.90. The molecule has 2 atom stereocenters. The molecule has 5 nitrogen and oxygen atoms in total. The monoisotopic (exact) mass is 298 g/mol. The number of aliphatic hydroxyl groups excluding tert-OH is 1. The Bertz CT molecular complexity index is 317. The standard InChI is InChI=1S/C16H30N2O3/c1-2-18(14-12-21-13-15(14)19)16(20)8-11-17-9-6-4-3-5-7-10-17/h14-15,19H,2-13H2,1H3/t14-,15-/m1/s1. The minimum Gasteiger partial charge on any atom is -0.388 e. The quantitative estimate of drug-likeness (QED) is 0.830. The maximum absolute atomic E-state index is 12.4. The summed E-state index contributed by atoms with van der Waals surface area (Å²) in [5.74, 6) is 0.147. The second-order valence-electron chi connectivity index (χ2n) is 6.21. The average molecular weight is 298 g/mol. The topological polar surface area (TPSA) is 53.0 Å². The Hall–Kier alpha value is -0.650. The third-order valence-electron chi connectivity index (χ3n) is 4.67. The molecule has 1 amide bonds. The van der Waals surface area contributed by atoms with E-state index < -0.39 is 6.10 Å². The lowest BCUT2D eigenvalue weighted by Gasteiger charge is -2.30. The van der Waals surface area contributed by atoms with Crippen molar-refractivity contribution in [2.24, 2.45) is 0 Å². The fourth-order valence-electron chi connectivity index (χ4n) is 3.36. The molecule has 0 aromatic heterocycles. The highest BCUT2D eigenvalue weighted by molar-refractivity contribution is 5.76. The van der Waals surface area contributed by atoms with E-state index in [2.05, 4.69) is 4.90 Å². The van der Waals surface area contributed by atoms with E-state index in [0.29, 0.717) is 26.2 Å². The molecule has 2 saturated heterocycles. The molecule has 2 rings (SSSR count). The van der Waals surface area contributed by atoms with Crippen LogP contribution in [0.3, 0.4) is 0 Å². The molecule has 0 aromatic rings. The molecule has 0 aromatic carbocycles. The van der Waals surface area contributed by atoms with Crippen molar-refractivity contribution in [2.75, 3.05) is 39.4 Å². The van der Waals surface area contributed by atoms with Crippen LogP contribution < -0.4 is 0 Å². The molecule has 0 unspecified atom stereocenters. The number of rotatable bonds is 5. The van der Waals surface area contributed by atoms with Crippen LogP contribution in [0.15, 0.2) is 0 Å². The number of likely N-dealkylation sites (N-methyl/N-ethyl adjacent to an activating group) is 1. The number of ether oxygens (including phenoxy) is 1. The van der Waals surface area contributed by atoms with Gasteiger partial charge in [0.25, 0.3) is 0 Å². The van der Waals surface area contributed by atoms with Gasteiger partial charge in [0.1, 0.15) is 0 Å². The van der Waals surface area contributed by atoms with Gasteiger partial charge < -0.3 is 19.6 Å². The highest BCUT2D eigenvalue weighted by Gasteiger charge is 2.33. The Morgan fingerprint density at radius 3 is 2.43 bits per heavy atom. The lowest BCUT2D eigenvalue weighted by Crippen LogP contribution is -2.47. The molecule has 0 aliphatic carbocycles. The number of carbonyl (C=O) groups excluding carboxylic acids is 1. The number of likely N-dealkylation sites (tertiary alicyclic amines) is 1. The highest BCUT2D eigenvalue weighted by Crippen LogP contribution is 2.15. The maximum Gasteiger partial charge on any atom is 0.224 e. The van der Waals surface area contributed by atoms with Crippen LogP contribution >= 0.6 is 0 Å². The lowest BCUT2D eigenvalue weighted by atomic mass is 10.1. The summed E-state index contributed by atoms with van der Waals surface area (Å²) in [7, 11) is 0. The van der Waals surface area contributed by atoms with E-state index >= 15 is 0 Å². The molecule has 0 saturated carbocycles. The summed E-state index contributed by atoms with van der Waals surface area (Å²) in [5.41, 5.74) is 0. The zero-order valence-electron chi connectivity index (χ0n) is 13.3. The van der Waals surface area contributed by atoms with Gasteiger partial charge in [0.15, 0.2) is 0 Å². The van der Waals surface area contributed by atoms with Crippen molar-refractivity contribution in [1.29, 1.82) is 0 Å². The molecule has 0 spiro atoms. The molecule has 0 radical (unpaired) electrons. The zero-order chi connectivity index (χ0) is 15.1.